The molecule has 1 aromatic rings. The number of ether oxygens (including phenoxy) is 2. The van der Waals surface area contributed by atoms with Crippen molar-refractivity contribution in [2.24, 2.45) is 11.1 Å². The van der Waals surface area contributed by atoms with Crippen LogP contribution in [-0.2, 0) is 9.53 Å². The van der Waals surface area contributed by atoms with Crippen molar-refractivity contribution < 1.29 is 19.1 Å². The molecule has 1 spiro atoms. The monoisotopic (exact) mass is 333 g/mol. The number of piperidine rings is 1. The van der Waals surface area contributed by atoms with Gasteiger partial charge in [-0.1, -0.05) is 0 Å². The first-order chi connectivity index (χ1) is 11.5. The summed E-state index contributed by atoms with van der Waals surface area (Å²) in [4.78, 5) is 29.4. The second-order valence-electron chi connectivity index (χ2n) is 6.55. The summed E-state index contributed by atoms with van der Waals surface area (Å²) in [5, 5.41) is 0. The van der Waals surface area contributed by atoms with E-state index in [9.17, 15) is 9.59 Å². The highest BCUT2D eigenvalue weighted by Gasteiger charge is 2.49. The van der Waals surface area contributed by atoms with Crippen molar-refractivity contribution in [2.45, 2.75) is 31.8 Å². The Morgan fingerprint density at radius 1 is 1.33 bits per heavy atom. The Labute approximate surface area is 141 Å². The molecule has 2 heterocycles. The maximum Gasteiger partial charge on any atom is 0.255 e. The summed E-state index contributed by atoms with van der Waals surface area (Å²) in [6.07, 6.45) is 5.47. The summed E-state index contributed by atoms with van der Waals surface area (Å²) in [5.74, 6) is 0.0543. The van der Waals surface area contributed by atoms with Crippen LogP contribution in [-0.4, -0.2) is 54.6 Å². The maximum absolute atomic E-state index is 12.6. The van der Waals surface area contributed by atoms with Gasteiger partial charge in [-0.2, -0.15) is 0 Å². The van der Waals surface area contributed by atoms with Gasteiger partial charge in [0.25, 0.3) is 5.91 Å². The number of nitrogens with zero attached hydrogens (tertiary/aromatic N) is 2. The Kier molecular flexibility index (Phi) is 4.71. The van der Waals surface area contributed by atoms with Gasteiger partial charge in [-0.3, -0.25) is 9.59 Å². The molecule has 0 bridgehead atoms. The van der Waals surface area contributed by atoms with Crippen molar-refractivity contribution in [1.82, 2.24) is 9.88 Å². The molecule has 2 aliphatic rings. The maximum atomic E-state index is 12.6. The highest BCUT2D eigenvalue weighted by Crippen LogP contribution is 2.50. The molecular weight excluding hydrogens is 310 g/mol. The van der Waals surface area contributed by atoms with Crippen LogP contribution < -0.4 is 10.5 Å². The smallest absolute Gasteiger partial charge is 0.255 e. The third-order valence-electron chi connectivity index (χ3n) is 5.25. The van der Waals surface area contributed by atoms with E-state index >= 15 is 0 Å². The number of likely N-dealkylation sites (tertiary alicyclic amines) is 1. The fourth-order valence-corrected chi connectivity index (χ4v) is 3.65. The predicted molar refractivity (Wildman–Crippen MR) is 86.5 cm³/mol. The Balaban J connectivity index is 1.56. The summed E-state index contributed by atoms with van der Waals surface area (Å²) in [5.41, 5.74) is 5.83. The first-order valence-electron chi connectivity index (χ1n) is 8.23. The van der Waals surface area contributed by atoms with Crippen LogP contribution >= 0.6 is 0 Å². The van der Waals surface area contributed by atoms with Gasteiger partial charge in [0.1, 0.15) is 6.61 Å². The van der Waals surface area contributed by atoms with Gasteiger partial charge in [0, 0.05) is 30.8 Å². The molecule has 24 heavy (non-hydrogen) atoms. The van der Waals surface area contributed by atoms with E-state index in [-0.39, 0.29) is 24.0 Å². The summed E-state index contributed by atoms with van der Waals surface area (Å²) >= 11 is 0. The molecule has 1 saturated heterocycles. The summed E-state index contributed by atoms with van der Waals surface area (Å²) in [6, 6.07) is 3.43. The SMILES string of the molecule is COc1ccc(C(=O)N2CCC3(CCC3OCC(N)=O)CC2)cn1. The lowest BCUT2D eigenvalue weighted by molar-refractivity contribution is -0.148. The lowest BCUT2D eigenvalue weighted by Crippen LogP contribution is -2.54. The largest absolute Gasteiger partial charge is 0.481 e. The molecule has 0 aromatic carbocycles. The fraction of sp³-hybridized carbons (Fsp3) is 0.588. The van der Waals surface area contributed by atoms with Crippen LogP contribution in [0.5, 0.6) is 5.88 Å². The lowest BCUT2D eigenvalue weighted by atomic mass is 9.60. The predicted octanol–water partition coefficient (Wildman–Crippen LogP) is 0.977. The van der Waals surface area contributed by atoms with Gasteiger partial charge in [0.2, 0.25) is 11.8 Å². The standard InChI is InChI=1S/C17H23N3O4/c1-23-15-3-2-12(10-19-15)16(22)20-8-6-17(7-9-20)5-4-13(17)24-11-14(18)21/h2-3,10,13H,4-9,11H2,1H3,(H2,18,21). The number of hydrogen-bond acceptors (Lipinski definition) is 5. The second-order valence-corrected chi connectivity index (χ2v) is 6.55. The quantitative estimate of drug-likeness (QED) is 0.866. The van der Waals surface area contributed by atoms with Gasteiger partial charge in [-0.05, 0) is 31.7 Å². The number of rotatable bonds is 5. The minimum atomic E-state index is -0.434. The molecule has 2 amide bonds. The van der Waals surface area contributed by atoms with Crippen molar-refractivity contribution in [2.75, 3.05) is 26.8 Å². The van der Waals surface area contributed by atoms with Crippen molar-refractivity contribution in [1.29, 1.82) is 0 Å². The van der Waals surface area contributed by atoms with E-state index in [4.69, 9.17) is 15.2 Å². The number of hydrogen-bond donors (Lipinski definition) is 1. The van der Waals surface area contributed by atoms with E-state index in [0.717, 1.165) is 25.7 Å². The van der Waals surface area contributed by atoms with Gasteiger partial charge in [-0.25, -0.2) is 4.98 Å². The third-order valence-corrected chi connectivity index (χ3v) is 5.25. The highest BCUT2D eigenvalue weighted by atomic mass is 16.5. The average Bonchev–Trinajstić information content (AvgIpc) is 2.60. The van der Waals surface area contributed by atoms with Crippen LogP contribution in [0.1, 0.15) is 36.0 Å². The van der Waals surface area contributed by atoms with Crippen LogP contribution in [0.3, 0.4) is 0 Å². The molecule has 3 rings (SSSR count). The highest BCUT2D eigenvalue weighted by molar-refractivity contribution is 5.94. The Morgan fingerprint density at radius 2 is 2.08 bits per heavy atom. The number of aromatic nitrogens is 1. The zero-order chi connectivity index (χ0) is 17.2. The van der Waals surface area contributed by atoms with Gasteiger partial charge in [0.15, 0.2) is 0 Å². The first-order valence-corrected chi connectivity index (χ1v) is 8.23. The number of pyridine rings is 1. The van der Waals surface area contributed by atoms with Gasteiger partial charge in [-0.15, -0.1) is 0 Å². The van der Waals surface area contributed by atoms with Crippen molar-refractivity contribution in [3.8, 4) is 5.88 Å². The van der Waals surface area contributed by atoms with Gasteiger partial charge in [0.05, 0.1) is 18.8 Å². The van der Waals surface area contributed by atoms with Gasteiger partial charge >= 0.3 is 0 Å². The van der Waals surface area contributed by atoms with Crippen LogP contribution in [0, 0.1) is 5.41 Å². The van der Waals surface area contributed by atoms with E-state index in [2.05, 4.69) is 4.98 Å². The number of carbonyl (C=O) groups is 2. The number of primary amides is 1. The zero-order valence-electron chi connectivity index (χ0n) is 13.9. The van der Waals surface area contributed by atoms with E-state index in [1.807, 2.05) is 4.90 Å². The molecule has 130 valence electrons. The zero-order valence-corrected chi connectivity index (χ0v) is 13.9. The van der Waals surface area contributed by atoms with E-state index in [1.54, 1.807) is 25.4 Å². The number of nitrogens with two attached hydrogens (primary N) is 1. The molecule has 1 unspecified atom stereocenters. The number of amides is 2. The Bertz CT molecular complexity index is 609. The minimum absolute atomic E-state index is 0.00562. The molecule has 2 N–H and O–H groups in total. The van der Waals surface area contributed by atoms with E-state index in [0.29, 0.717) is 24.5 Å². The van der Waals surface area contributed by atoms with E-state index < -0.39 is 5.91 Å². The van der Waals surface area contributed by atoms with Crippen LogP contribution in [0.4, 0.5) is 0 Å². The second kappa shape index (κ2) is 6.76. The molecule has 1 aliphatic carbocycles. The van der Waals surface area contributed by atoms with Gasteiger partial charge < -0.3 is 20.1 Å². The molecule has 1 saturated carbocycles. The molecule has 1 atom stereocenters. The molecule has 0 radical (unpaired) electrons. The summed E-state index contributed by atoms with van der Waals surface area (Å²) in [6.45, 7) is 1.37. The summed E-state index contributed by atoms with van der Waals surface area (Å²) in [7, 11) is 1.54. The third kappa shape index (κ3) is 3.21. The van der Waals surface area contributed by atoms with Crippen LogP contribution in [0.15, 0.2) is 18.3 Å². The molecule has 2 fully saturated rings. The van der Waals surface area contributed by atoms with Crippen molar-refractivity contribution >= 4 is 11.8 Å². The Morgan fingerprint density at radius 3 is 2.58 bits per heavy atom. The average molecular weight is 333 g/mol. The molecular formula is C17H23N3O4. The normalized spacial score (nSPS) is 22.0. The summed E-state index contributed by atoms with van der Waals surface area (Å²) < 4.78 is 10.6. The van der Waals surface area contributed by atoms with Crippen LogP contribution in [0.2, 0.25) is 0 Å². The lowest BCUT2D eigenvalue weighted by Gasteiger charge is -2.53. The Hall–Kier alpha value is -2.15. The van der Waals surface area contributed by atoms with Crippen molar-refractivity contribution in [3.63, 3.8) is 0 Å². The topological polar surface area (TPSA) is 94.7 Å². The molecule has 7 nitrogen and oxygen atoms in total. The van der Waals surface area contributed by atoms with Crippen LogP contribution in [0.25, 0.3) is 0 Å². The molecule has 1 aliphatic heterocycles. The number of carbonyl (C=O) groups excluding carboxylic acids is 2. The molecule has 1 aromatic heterocycles. The minimum Gasteiger partial charge on any atom is -0.481 e. The van der Waals surface area contributed by atoms with Crippen molar-refractivity contribution in [3.05, 3.63) is 23.9 Å². The molecule has 7 heteroatoms. The van der Waals surface area contributed by atoms with E-state index in [1.165, 1.54) is 0 Å². The number of methoxy groups -OCH3 is 1. The fourth-order valence-electron chi connectivity index (χ4n) is 3.65. The first kappa shape index (κ1) is 16.7.